The van der Waals surface area contributed by atoms with Crippen LogP contribution in [0.25, 0.3) is 0 Å². The molecule has 0 saturated carbocycles. The number of likely N-dealkylation sites (N-methyl/N-ethyl adjacent to an activating group) is 1. The molecule has 0 amide bonds. The van der Waals surface area contributed by atoms with Gasteiger partial charge >= 0.3 is 0 Å². The predicted molar refractivity (Wildman–Crippen MR) is 87.3 cm³/mol. The summed E-state index contributed by atoms with van der Waals surface area (Å²) >= 11 is 6.42. The average Bonchev–Trinajstić information content (AvgIpc) is 3.07. The molecule has 7 nitrogen and oxygen atoms in total. The monoisotopic (exact) mass is 338 g/mol. The predicted octanol–water partition coefficient (Wildman–Crippen LogP) is 1.82. The Balaban J connectivity index is 1.77. The van der Waals surface area contributed by atoms with Crippen LogP contribution in [-0.4, -0.2) is 56.4 Å². The molecule has 3 rings (SSSR count). The van der Waals surface area contributed by atoms with Gasteiger partial charge in [0.2, 0.25) is 5.89 Å². The van der Waals surface area contributed by atoms with Crippen LogP contribution in [0.2, 0.25) is 5.15 Å². The third-order valence-corrected chi connectivity index (χ3v) is 4.90. The largest absolute Gasteiger partial charge is 0.338 e. The van der Waals surface area contributed by atoms with Gasteiger partial charge in [0.15, 0.2) is 5.82 Å². The van der Waals surface area contributed by atoms with Gasteiger partial charge in [-0.05, 0) is 20.4 Å². The number of halogens is 1. The third-order valence-electron chi connectivity index (χ3n) is 4.43. The van der Waals surface area contributed by atoms with E-state index in [4.69, 9.17) is 16.1 Å². The fourth-order valence-electron chi connectivity index (χ4n) is 3.05. The van der Waals surface area contributed by atoms with Crippen molar-refractivity contribution in [3.63, 3.8) is 0 Å². The first-order chi connectivity index (χ1) is 11.0. The molecule has 2 aromatic heterocycles. The van der Waals surface area contributed by atoms with Crippen molar-refractivity contribution in [2.24, 2.45) is 7.05 Å². The maximum Gasteiger partial charge on any atom is 0.245 e. The second kappa shape index (κ2) is 6.59. The molecule has 0 aromatic carbocycles. The molecular weight excluding hydrogens is 316 g/mol. The van der Waals surface area contributed by atoms with E-state index in [-0.39, 0.29) is 6.04 Å². The summed E-state index contributed by atoms with van der Waals surface area (Å²) in [5.74, 6) is 1.36. The van der Waals surface area contributed by atoms with Crippen molar-refractivity contribution in [1.82, 2.24) is 29.7 Å². The number of aromatic nitrogens is 4. The van der Waals surface area contributed by atoms with Gasteiger partial charge in [0.25, 0.3) is 0 Å². The van der Waals surface area contributed by atoms with Crippen molar-refractivity contribution in [3.8, 4) is 0 Å². The second-order valence-electron chi connectivity index (χ2n) is 6.10. The smallest absolute Gasteiger partial charge is 0.245 e. The van der Waals surface area contributed by atoms with E-state index < -0.39 is 0 Å². The lowest BCUT2D eigenvalue weighted by atomic mass is 10.1. The van der Waals surface area contributed by atoms with E-state index in [1.54, 1.807) is 4.68 Å². The Labute approximate surface area is 141 Å². The van der Waals surface area contributed by atoms with Crippen LogP contribution in [0.4, 0.5) is 0 Å². The van der Waals surface area contributed by atoms with Crippen LogP contribution in [0.5, 0.6) is 0 Å². The van der Waals surface area contributed by atoms with Crippen molar-refractivity contribution in [1.29, 1.82) is 0 Å². The summed E-state index contributed by atoms with van der Waals surface area (Å²) in [5, 5.41) is 9.14. The van der Waals surface area contributed by atoms with Gasteiger partial charge in [0, 0.05) is 38.8 Å². The molecule has 2 aromatic rings. The minimum Gasteiger partial charge on any atom is -0.338 e. The molecule has 1 fully saturated rings. The summed E-state index contributed by atoms with van der Waals surface area (Å²) in [6.45, 7) is 7.52. The Bertz CT molecular complexity index is 682. The van der Waals surface area contributed by atoms with E-state index in [0.717, 1.165) is 49.0 Å². The van der Waals surface area contributed by atoms with Gasteiger partial charge < -0.3 is 4.52 Å². The van der Waals surface area contributed by atoms with Crippen LogP contribution < -0.4 is 0 Å². The second-order valence-corrected chi connectivity index (χ2v) is 6.46. The van der Waals surface area contributed by atoms with Crippen LogP contribution in [-0.2, 0) is 20.0 Å². The highest BCUT2D eigenvalue weighted by molar-refractivity contribution is 6.30. The SMILES string of the molecule is CCc1nn(C)c(Cl)c1CN1CCN(C)[C@@H](c2nc(C)no2)C1. The number of hydrogen-bond acceptors (Lipinski definition) is 6. The van der Waals surface area contributed by atoms with Gasteiger partial charge in [-0.2, -0.15) is 10.1 Å². The molecule has 0 bridgehead atoms. The number of nitrogens with zero attached hydrogens (tertiary/aromatic N) is 6. The van der Waals surface area contributed by atoms with E-state index in [2.05, 4.69) is 39.0 Å². The zero-order chi connectivity index (χ0) is 16.6. The summed E-state index contributed by atoms with van der Waals surface area (Å²) in [5.41, 5.74) is 2.20. The Morgan fingerprint density at radius 2 is 2.09 bits per heavy atom. The van der Waals surface area contributed by atoms with Crippen LogP contribution in [0.1, 0.15) is 35.9 Å². The molecule has 0 spiro atoms. The molecule has 0 N–H and O–H groups in total. The fourth-order valence-corrected chi connectivity index (χ4v) is 3.26. The lowest BCUT2D eigenvalue weighted by Crippen LogP contribution is -2.46. The molecule has 0 unspecified atom stereocenters. The Hall–Kier alpha value is -1.44. The zero-order valence-corrected chi connectivity index (χ0v) is 14.8. The zero-order valence-electron chi connectivity index (χ0n) is 14.1. The average molecular weight is 339 g/mol. The molecule has 3 heterocycles. The molecule has 126 valence electrons. The van der Waals surface area contributed by atoms with E-state index in [0.29, 0.717) is 11.7 Å². The Kier molecular flexibility index (Phi) is 4.70. The molecule has 8 heteroatoms. The van der Waals surface area contributed by atoms with Crippen molar-refractivity contribution in [3.05, 3.63) is 28.1 Å². The van der Waals surface area contributed by atoms with Crippen LogP contribution in [0.15, 0.2) is 4.52 Å². The molecule has 1 saturated heterocycles. The van der Waals surface area contributed by atoms with Gasteiger partial charge in [-0.3, -0.25) is 14.5 Å². The summed E-state index contributed by atoms with van der Waals surface area (Å²) in [7, 11) is 3.98. The maximum atomic E-state index is 6.42. The van der Waals surface area contributed by atoms with Gasteiger partial charge in [0.1, 0.15) is 11.2 Å². The molecule has 1 atom stereocenters. The number of aryl methyl sites for hydroxylation is 3. The lowest BCUT2D eigenvalue weighted by Gasteiger charge is -2.37. The summed E-state index contributed by atoms with van der Waals surface area (Å²) in [6, 6.07) is 0.116. The standard InChI is InChI=1S/C15H23ClN6O/c1-5-12-11(14(16)21(4)18-12)8-22-7-6-20(3)13(9-22)15-17-10(2)19-23-15/h13H,5-9H2,1-4H3/t13-/m1/s1. The Morgan fingerprint density at radius 3 is 2.74 bits per heavy atom. The molecule has 1 aliphatic heterocycles. The van der Waals surface area contributed by atoms with E-state index in [1.807, 2.05) is 14.0 Å². The number of rotatable bonds is 4. The first kappa shape index (κ1) is 16.4. The number of piperazine rings is 1. The fraction of sp³-hybridized carbons (Fsp3) is 0.667. The first-order valence-electron chi connectivity index (χ1n) is 7.92. The van der Waals surface area contributed by atoms with Crippen molar-refractivity contribution in [2.75, 3.05) is 26.7 Å². The van der Waals surface area contributed by atoms with E-state index >= 15 is 0 Å². The lowest BCUT2D eigenvalue weighted by molar-refractivity contribution is 0.0713. The highest BCUT2D eigenvalue weighted by Gasteiger charge is 2.30. The normalized spacial score (nSPS) is 20.3. The molecule has 1 aliphatic rings. The highest BCUT2D eigenvalue weighted by Crippen LogP contribution is 2.27. The highest BCUT2D eigenvalue weighted by atomic mass is 35.5. The van der Waals surface area contributed by atoms with Crippen molar-refractivity contribution in [2.45, 2.75) is 32.9 Å². The van der Waals surface area contributed by atoms with Gasteiger partial charge in [-0.1, -0.05) is 23.7 Å². The summed E-state index contributed by atoms with van der Waals surface area (Å²) in [6.07, 6.45) is 0.885. The molecule has 0 radical (unpaired) electrons. The minimum atomic E-state index is 0.116. The van der Waals surface area contributed by atoms with Gasteiger partial charge in [-0.25, -0.2) is 0 Å². The van der Waals surface area contributed by atoms with E-state index in [9.17, 15) is 0 Å². The van der Waals surface area contributed by atoms with Crippen LogP contribution >= 0.6 is 11.6 Å². The van der Waals surface area contributed by atoms with Crippen molar-refractivity contribution < 1.29 is 4.52 Å². The number of hydrogen-bond donors (Lipinski definition) is 0. The van der Waals surface area contributed by atoms with E-state index in [1.165, 1.54) is 0 Å². The third kappa shape index (κ3) is 3.27. The first-order valence-corrected chi connectivity index (χ1v) is 8.30. The van der Waals surface area contributed by atoms with Crippen LogP contribution in [0, 0.1) is 6.92 Å². The van der Waals surface area contributed by atoms with Gasteiger partial charge in [0.05, 0.1) is 5.69 Å². The summed E-state index contributed by atoms with van der Waals surface area (Å²) in [4.78, 5) is 9.03. The molecule has 23 heavy (non-hydrogen) atoms. The molecular formula is C15H23ClN6O. The maximum absolute atomic E-state index is 6.42. The Morgan fingerprint density at radius 1 is 1.30 bits per heavy atom. The molecule has 0 aliphatic carbocycles. The summed E-state index contributed by atoms with van der Waals surface area (Å²) < 4.78 is 7.13. The van der Waals surface area contributed by atoms with Crippen molar-refractivity contribution >= 4 is 11.6 Å². The topological polar surface area (TPSA) is 63.2 Å². The van der Waals surface area contributed by atoms with Gasteiger partial charge in [-0.15, -0.1) is 0 Å². The van der Waals surface area contributed by atoms with Crippen LogP contribution in [0.3, 0.4) is 0 Å². The minimum absolute atomic E-state index is 0.116. The quantitative estimate of drug-likeness (QED) is 0.847.